The van der Waals surface area contributed by atoms with Crippen molar-refractivity contribution in [3.05, 3.63) is 11.3 Å². The smallest absolute Gasteiger partial charge is 0.347 e. The Morgan fingerprint density at radius 1 is 1.28 bits per heavy atom. The van der Waals surface area contributed by atoms with Crippen molar-refractivity contribution in [3.63, 3.8) is 0 Å². The lowest BCUT2D eigenvalue weighted by Gasteiger charge is -2.14. The van der Waals surface area contributed by atoms with E-state index >= 15 is 0 Å². The molecule has 1 N–H and O–H groups in total. The zero-order valence-electron chi connectivity index (χ0n) is 10.3. The van der Waals surface area contributed by atoms with Crippen LogP contribution in [0.15, 0.2) is 11.3 Å². The highest BCUT2D eigenvalue weighted by molar-refractivity contribution is 6.18. The maximum atomic E-state index is 11.8. The molecule has 1 heterocycles. The van der Waals surface area contributed by atoms with Crippen molar-refractivity contribution in [1.29, 1.82) is 0 Å². The monoisotopic (exact) mass is 257 g/mol. The number of esters is 2. The molecule has 0 spiro atoms. The van der Waals surface area contributed by atoms with Crippen LogP contribution in [0.3, 0.4) is 0 Å². The van der Waals surface area contributed by atoms with Gasteiger partial charge in [0.05, 0.1) is 19.8 Å². The minimum Gasteiger partial charge on any atom is -0.509 e. The number of aliphatic hydroxyl groups excluding tert-OH is 1. The van der Waals surface area contributed by atoms with Crippen molar-refractivity contribution >= 4 is 17.8 Å². The molecule has 0 aromatic heterocycles. The van der Waals surface area contributed by atoms with Gasteiger partial charge in [-0.05, 0) is 13.8 Å². The van der Waals surface area contributed by atoms with E-state index in [1.165, 1.54) is 0 Å². The number of hydrogen-bond donors (Lipinski definition) is 1. The first-order valence-corrected chi connectivity index (χ1v) is 5.55. The fourth-order valence-corrected chi connectivity index (χ4v) is 1.51. The molecule has 1 amide bonds. The van der Waals surface area contributed by atoms with Gasteiger partial charge in [-0.25, -0.2) is 4.79 Å². The number of rotatable bonds is 5. The third kappa shape index (κ3) is 2.99. The van der Waals surface area contributed by atoms with E-state index < -0.39 is 23.4 Å². The summed E-state index contributed by atoms with van der Waals surface area (Å²) in [5, 5.41) is 9.53. The molecule has 0 bridgehead atoms. The topological polar surface area (TPSA) is 93.1 Å². The van der Waals surface area contributed by atoms with Crippen LogP contribution in [0, 0.1) is 0 Å². The zero-order chi connectivity index (χ0) is 13.7. The Labute approximate surface area is 104 Å². The van der Waals surface area contributed by atoms with Crippen LogP contribution >= 0.6 is 0 Å². The predicted molar refractivity (Wildman–Crippen MR) is 59.5 cm³/mol. The van der Waals surface area contributed by atoms with Gasteiger partial charge in [-0.2, -0.15) is 0 Å². The van der Waals surface area contributed by atoms with E-state index in [4.69, 9.17) is 0 Å². The molecule has 0 aromatic carbocycles. The first-order valence-electron chi connectivity index (χ1n) is 5.55. The Hall–Kier alpha value is -2.05. The number of ether oxygens (including phenoxy) is 2. The van der Waals surface area contributed by atoms with Crippen LogP contribution in [-0.4, -0.2) is 54.2 Å². The average Bonchev–Trinajstić information content (AvgIpc) is 2.54. The molecule has 18 heavy (non-hydrogen) atoms. The van der Waals surface area contributed by atoms with E-state index in [2.05, 4.69) is 9.47 Å². The molecule has 1 rings (SSSR count). The lowest BCUT2D eigenvalue weighted by molar-refractivity contribution is -0.148. The summed E-state index contributed by atoms with van der Waals surface area (Å²) in [5.41, 5.74) is -0.416. The molecule has 0 saturated carbocycles. The van der Waals surface area contributed by atoms with Gasteiger partial charge in [-0.15, -0.1) is 0 Å². The number of nitrogens with zero attached hydrogens (tertiary/aromatic N) is 1. The third-order valence-corrected chi connectivity index (χ3v) is 2.24. The molecule has 1 aliphatic heterocycles. The predicted octanol–water partition coefficient (Wildman–Crippen LogP) is -0.233. The van der Waals surface area contributed by atoms with Crippen molar-refractivity contribution in [2.45, 2.75) is 13.8 Å². The molecule has 7 nitrogen and oxygen atoms in total. The Bertz CT molecular complexity index is 400. The van der Waals surface area contributed by atoms with Gasteiger partial charge >= 0.3 is 11.9 Å². The number of carbonyl (C=O) groups is 3. The number of aliphatic hydroxyl groups is 1. The van der Waals surface area contributed by atoms with Gasteiger partial charge in [-0.3, -0.25) is 9.59 Å². The third-order valence-electron chi connectivity index (χ3n) is 2.24. The standard InChI is InChI=1S/C11H15NO6/c1-3-17-8(14)6-12-5-7(13)9(10(12)15)11(16)18-4-2/h13H,3-6H2,1-2H3. The van der Waals surface area contributed by atoms with Gasteiger partial charge in [0.25, 0.3) is 5.91 Å². The molecule has 100 valence electrons. The fourth-order valence-electron chi connectivity index (χ4n) is 1.51. The molecule has 0 unspecified atom stereocenters. The summed E-state index contributed by atoms with van der Waals surface area (Å²) in [5.74, 6) is -2.59. The van der Waals surface area contributed by atoms with Crippen LogP contribution in [0.4, 0.5) is 0 Å². The van der Waals surface area contributed by atoms with Crippen LogP contribution in [0.2, 0.25) is 0 Å². The summed E-state index contributed by atoms with van der Waals surface area (Å²) in [7, 11) is 0. The summed E-state index contributed by atoms with van der Waals surface area (Å²) < 4.78 is 9.33. The summed E-state index contributed by atoms with van der Waals surface area (Å²) in [6, 6.07) is 0. The summed E-state index contributed by atoms with van der Waals surface area (Å²) >= 11 is 0. The second kappa shape index (κ2) is 6.04. The highest BCUT2D eigenvalue weighted by atomic mass is 16.5. The van der Waals surface area contributed by atoms with Crippen molar-refractivity contribution in [3.8, 4) is 0 Å². The molecule has 0 atom stereocenters. The van der Waals surface area contributed by atoms with Gasteiger partial charge in [0, 0.05) is 0 Å². The van der Waals surface area contributed by atoms with E-state index in [0.717, 1.165) is 4.90 Å². The Morgan fingerprint density at radius 2 is 1.89 bits per heavy atom. The maximum absolute atomic E-state index is 11.8. The minimum absolute atomic E-state index is 0.0980. The van der Waals surface area contributed by atoms with Gasteiger partial charge in [0.1, 0.15) is 12.3 Å². The molecule has 0 fully saturated rings. The SMILES string of the molecule is CCOC(=O)CN1CC(O)=C(C(=O)OCC)C1=O. The largest absolute Gasteiger partial charge is 0.509 e. The molecular weight excluding hydrogens is 242 g/mol. The highest BCUT2D eigenvalue weighted by Gasteiger charge is 2.37. The van der Waals surface area contributed by atoms with Gasteiger partial charge in [0.15, 0.2) is 5.57 Å². The lowest BCUT2D eigenvalue weighted by atomic mass is 10.2. The van der Waals surface area contributed by atoms with Gasteiger partial charge in [-0.1, -0.05) is 0 Å². The fraction of sp³-hybridized carbons (Fsp3) is 0.545. The summed E-state index contributed by atoms with van der Waals surface area (Å²) in [4.78, 5) is 35.4. The maximum Gasteiger partial charge on any atom is 0.347 e. The molecule has 1 aliphatic rings. The number of amides is 1. The van der Waals surface area contributed by atoms with Gasteiger partial charge < -0.3 is 19.5 Å². The number of carbonyl (C=O) groups excluding carboxylic acids is 3. The van der Waals surface area contributed by atoms with Gasteiger partial charge in [0.2, 0.25) is 0 Å². The van der Waals surface area contributed by atoms with E-state index in [1.807, 2.05) is 0 Å². The average molecular weight is 257 g/mol. The normalized spacial score (nSPS) is 15.0. The molecule has 0 radical (unpaired) electrons. The Morgan fingerprint density at radius 3 is 2.44 bits per heavy atom. The molecule has 7 heteroatoms. The molecular formula is C11H15NO6. The van der Waals surface area contributed by atoms with E-state index in [1.54, 1.807) is 13.8 Å². The first kappa shape index (κ1) is 14.0. The molecule has 0 aliphatic carbocycles. The van der Waals surface area contributed by atoms with Crippen LogP contribution in [0.5, 0.6) is 0 Å². The van der Waals surface area contributed by atoms with Crippen molar-refractivity contribution < 1.29 is 29.0 Å². The minimum atomic E-state index is -0.883. The molecule has 0 saturated heterocycles. The second-order valence-electron chi connectivity index (χ2n) is 3.51. The van der Waals surface area contributed by atoms with Crippen LogP contribution in [0.25, 0.3) is 0 Å². The van der Waals surface area contributed by atoms with Crippen LogP contribution < -0.4 is 0 Å². The number of hydrogen-bond acceptors (Lipinski definition) is 6. The molecule has 0 aromatic rings. The first-order chi connectivity index (χ1) is 8.51. The Balaban J connectivity index is 2.69. The van der Waals surface area contributed by atoms with E-state index in [0.29, 0.717) is 0 Å². The van der Waals surface area contributed by atoms with Crippen LogP contribution in [-0.2, 0) is 23.9 Å². The van der Waals surface area contributed by atoms with Crippen molar-refractivity contribution in [2.75, 3.05) is 26.3 Å². The van der Waals surface area contributed by atoms with Crippen molar-refractivity contribution in [1.82, 2.24) is 4.90 Å². The second-order valence-corrected chi connectivity index (χ2v) is 3.51. The van der Waals surface area contributed by atoms with E-state index in [-0.39, 0.29) is 32.1 Å². The van der Waals surface area contributed by atoms with Crippen LogP contribution in [0.1, 0.15) is 13.8 Å². The highest BCUT2D eigenvalue weighted by Crippen LogP contribution is 2.18. The van der Waals surface area contributed by atoms with Crippen molar-refractivity contribution in [2.24, 2.45) is 0 Å². The van der Waals surface area contributed by atoms with E-state index in [9.17, 15) is 19.5 Å². The Kier molecular flexibility index (Phi) is 4.70. The lowest BCUT2D eigenvalue weighted by Crippen LogP contribution is -2.34. The quantitative estimate of drug-likeness (QED) is 0.540. The zero-order valence-corrected chi connectivity index (χ0v) is 10.3. The summed E-state index contributed by atoms with van der Waals surface area (Å²) in [6.07, 6.45) is 0. The summed E-state index contributed by atoms with van der Waals surface area (Å²) in [6.45, 7) is 3.03.